The molecule has 2 aliphatic heterocycles. The van der Waals surface area contributed by atoms with E-state index in [1.165, 1.54) is 12.8 Å². The van der Waals surface area contributed by atoms with Crippen LogP contribution in [0.25, 0.3) is 0 Å². The Morgan fingerprint density at radius 3 is 2.56 bits per heavy atom. The summed E-state index contributed by atoms with van der Waals surface area (Å²) in [6, 6.07) is 0. The van der Waals surface area contributed by atoms with Crippen LogP contribution in [-0.4, -0.2) is 61.6 Å². The highest BCUT2D eigenvalue weighted by Gasteiger charge is 2.25. The van der Waals surface area contributed by atoms with Crippen LogP contribution in [0.5, 0.6) is 0 Å². The summed E-state index contributed by atoms with van der Waals surface area (Å²) < 4.78 is 5.35. The average Bonchev–Trinajstić information content (AvgIpc) is 2.39. The summed E-state index contributed by atoms with van der Waals surface area (Å²) in [4.78, 5) is 16.5. The first kappa shape index (κ1) is 13.8. The van der Waals surface area contributed by atoms with E-state index in [1.54, 1.807) is 7.11 Å². The molecule has 0 N–H and O–H groups in total. The molecule has 1 atom stereocenters. The van der Waals surface area contributed by atoms with Crippen molar-refractivity contribution in [3.05, 3.63) is 0 Å². The molecule has 2 heterocycles. The fraction of sp³-hybridized carbons (Fsp3) is 0.929. The molecule has 18 heavy (non-hydrogen) atoms. The van der Waals surface area contributed by atoms with Gasteiger partial charge in [0.25, 0.3) is 0 Å². The summed E-state index contributed by atoms with van der Waals surface area (Å²) in [7, 11) is 1.78. The van der Waals surface area contributed by atoms with E-state index in [0.717, 1.165) is 39.0 Å². The van der Waals surface area contributed by atoms with Crippen molar-refractivity contribution >= 4 is 5.91 Å². The van der Waals surface area contributed by atoms with Gasteiger partial charge in [0.15, 0.2) is 0 Å². The van der Waals surface area contributed by atoms with Crippen LogP contribution in [-0.2, 0) is 9.53 Å². The van der Waals surface area contributed by atoms with Crippen LogP contribution in [0.2, 0.25) is 0 Å². The number of ether oxygens (including phenoxy) is 1. The first-order valence-corrected chi connectivity index (χ1v) is 7.22. The molecule has 0 unspecified atom stereocenters. The van der Waals surface area contributed by atoms with Crippen LogP contribution in [0.1, 0.15) is 32.6 Å². The molecular formula is C14H26N2O2. The van der Waals surface area contributed by atoms with Crippen LogP contribution in [0.15, 0.2) is 0 Å². The highest BCUT2D eigenvalue weighted by atomic mass is 16.5. The molecule has 0 saturated carbocycles. The normalized spacial score (nSPS) is 27.4. The fourth-order valence-electron chi connectivity index (χ4n) is 3.01. The third kappa shape index (κ3) is 3.69. The predicted octanol–water partition coefficient (Wildman–Crippen LogP) is 1.36. The van der Waals surface area contributed by atoms with Crippen molar-refractivity contribution in [3.8, 4) is 0 Å². The highest BCUT2D eigenvalue weighted by Crippen LogP contribution is 2.17. The lowest BCUT2D eigenvalue weighted by atomic mass is 10.0. The zero-order valence-electron chi connectivity index (χ0n) is 11.7. The van der Waals surface area contributed by atoms with E-state index in [2.05, 4.69) is 16.7 Å². The van der Waals surface area contributed by atoms with Crippen LogP contribution >= 0.6 is 0 Å². The molecule has 0 aromatic carbocycles. The minimum Gasteiger partial charge on any atom is -0.381 e. The van der Waals surface area contributed by atoms with Crippen molar-refractivity contribution in [2.24, 2.45) is 5.92 Å². The zero-order chi connectivity index (χ0) is 13.0. The number of likely N-dealkylation sites (tertiary alicyclic amines) is 2. The molecule has 0 spiro atoms. The van der Waals surface area contributed by atoms with E-state index in [4.69, 9.17) is 4.74 Å². The fourth-order valence-corrected chi connectivity index (χ4v) is 3.01. The van der Waals surface area contributed by atoms with Gasteiger partial charge in [-0.3, -0.25) is 9.69 Å². The number of hydrogen-bond donors (Lipinski definition) is 0. The van der Waals surface area contributed by atoms with Gasteiger partial charge in [-0.15, -0.1) is 0 Å². The second kappa shape index (κ2) is 6.53. The van der Waals surface area contributed by atoms with Crippen LogP contribution < -0.4 is 0 Å². The maximum Gasteiger partial charge on any atom is 0.236 e. The van der Waals surface area contributed by atoms with E-state index < -0.39 is 0 Å². The van der Waals surface area contributed by atoms with Gasteiger partial charge in [-0.05, 0) is 31.6 Å². The Morgan fingerprint density at radius 2 is 1.94 bits per heavy atom. The Labute approximate surface area is 110 Å². The summed E-state index contributed by atoms with van der Waals surface area (Å²) in [5.41, 5.74) is 0. The number of nitrogens with zero attached hydrogens (tertiary/aromatic N) is 2. The largest absolute Gasteiger partial charge is 0.381 e. The van der Waals surface area contributed by atoms with Crippen LogP contribution in [0, 0.1) is 5.92 Å². The summed E-state index contributed by atoms with van der Waals surface area (Å²) in [5, 5.41) is 0. The van der Waals surface area contributed by atoms with Crippen molar-refractivity contribution in [2.75, 3.05) is 39.8 Å². The first-order chi connectivity index (χ1) is 8.69. The number of carbonyl (C=O) groups is 1. The average molecular weight is 254 g/mol. The molecule has 0 radical (unpaired) electrons. The van der Waals surface area contributed by atoms with Crippen LogP contribution in [0.4, 0.5) is 0 Å². The lowest BCUT2D eigenvalue weighted by Gasteiger charge is -2.35. The van der Waals surface area contributed by atoms with E-state index >= 15 is 0 Å². The smallest absolute Gasteiger partial charge is 0.236 e. The van der Waals surface area contributed by atoms with Crippen molar-refractivity contribution in [1.82, 2.24) is 9.80 Å². The lowest BCUT2D eigenvalue weighted by molar-refractivity contribution is -0.134. The van der Waals surface area contributed by atoms with E-state index in [-0.39, 0.29) is 0 Å². The molecule has 0 aromatic rings. The van der Waals surface area contributed by atoms with Gasteiger partial charge in [-0.2, -0.15) is 0 Å². The molecule has 0 aliphatic carbocycles. The summed E-state index contributed by atoms with van der Waals surface area (Å²) in [6.07, 6.45) is 4.94. The van der Waals surface area contributed by atoms with E-state index in [0.29, 0.717) is 24.5 Å². The summed E-state index contributed by atoms with van der Waals surface area (Å²) in [5.74, 6) is 0.986. The SMILES string of the molecule is COC1CCN(CC(=O)N2CCC[C@@H](C)C2)CC1. The Hall–Kier alpha value is -0.610. The Morgan fingerprint density at radius 1 is 1.22 bits per heavy atom. The molecular weight excluding hydrogens is 228 g/mol. The molecule has 1 amide bonds. The molecule has 2 aliphatic rings. The zero-order valence-corrected chi connectivity index (χ0v) is 11.7. The molecule has 4 nitrogen and oxygen atoms in total. The Balaban J connectivity index is 1.74. The van der Waals surface area contributed by atoms with Gasteiger partial charge in [0.2, 0.25) is 5.91 Å². The van der Waals surface area contributed by atoms with Gasteiger partial charge in [0.1, 0.15) is 0 Å². The van der Waals surface area contributed by atoms with Gasteiger partial charge in [-0.25, -0.2) is 0 Å². The number of amides is 1. The van der Waals surface area contributed by atoms with Crippen molar-refractivity contribution in [2.45, 2.75) is 38.7 Å². The van der Waals surface area contributed by atoms with E-state index in [1.807, 2.05) is 0 Å². The number of carbonyl (C=O) groups excluding carboxylic acids is 1. The highest BCUT2D eigenvalue weighted by molar-refractivity contribution is 5.78. The van der Waals surface area contributed by atoms with Gasteiger partial charge >= 0.3 is 0 Å². The third-order valence-electron chi connectivity index (χ3n) is 4.24. The number of piperidine rings is 2. The molecule has 4 heteroatoms. The summed E-state index contributed by atoms with van der Waals surface area (Å²) in [6.45, 7) is 6.74. The number of methoxy groups -OCH3 is 1. The first-order valence-electron chi connectivity index (χ1n) is 7.22. The van der Waals surface area contributed by atoms with Crippen molar-refractivity contribution < 1.29 is 9.53 Å². The molecule has 2 rings (SSSR count). The predicted molar refractivity (Wildman–Crippen MR) is 71.4 cm³/mol. The van der Waals surface area contributed by atoms with Crippen molar-refractivity contribution in [3.63, 3.8) is 0 Å². The van der Waals surface area contributed by atoms with Gasteiger partial charge in [0, 0.05) is 33.3 Å². The Bertz CT molecular complexity index is 275. The molecule has 0 bridgehead atoms. The van der Waals surface area contributed by atoms with Gasteiger partial charge in [-0.1, -0.05) is 6.92 Å². The molecule has 2 saturated heterocycles. The third-order valence-corrected chi connectivity index (χ3v) is 4.24. The van der Waals surface area contributed by atoms with Gasteiger partial charge in [0.05, 0.1) is 12.6 Å². The minimum absolute atomic E-state index is 0.317. The maximum atomic E-state index is 12.2. The van der Waals surface area contributed by atoms with Crippen molar-refractivity contribution in [1.29, 1.82) is 0 Å². The maximum absolute atomic E-state index is 12.2. The van der Waals surface area contributed by atoms with Crippen LogP contribution in [0.3, 0.4) is 0 Å². The standard InChI is InChI=1S/C14H26N2O2/c1-12-4-3-7-16(10-12)14(17)11-15-8-5-13(18-2)6-9-15/h12-13H,3-11H2,1-2H3/t12-/m1/s1. The lowest BCUT2D eigenvalue weighted by Crippen LogP contribution is -2.47. The number of rotatable bonds is 3. The van der Waals surface area contributed by atoms with Gasteiger partial charge < -0.3 is 9.64 Å². The van der Waals surface area contributed by atoms with E-state index in [9.17, 15) is 4.79 Å². The monoisotopic (exact) mass is 254 g/mol. The summed E-state index contributed by atoms with van der Waals surface area (Å²) >= 11 is 0. The number of hydrogen-bond acceptors (Lipinski definition) is 3. The second-order valence-electron chi connectivity index (χ2n) is 5.80. The molecule has 104 valence electrons. The topological polar surface area (TPSA) is 32.8 Å². The molecule has 0 aromatic heterocycles. The minimum atomic E-state index is 0.317. The quantitative estimate of drug-likeness (QED) is 0.762. The Kier molecular flexibility index (Phi) is 5.01. The molecule has 2 fully saturated rings. The second-order valence-corrected chi connectivity index (χ2v) is 5.80.